The van der Waals surface area contributed by atoms with Crippen molar-refractivity contribution in [2.75, 3.05) is 12.4 Å². The molecule has 1 amide bonds. The summed E-state index contributed by atoms with van der Waals surface area (Å²) in [6.45, 7) is 2.90. The summed E-state index contributed by atoms with van der Waals surface area (Å²) in [5.41, 5.74) is 1.08. The van der Waals surface area contributed by atoms with Crippen LogP contribution in [0.1, 0.15) is 37.8 Å². The standard InChI is InChI=1S/C16H22N2OS/c1-2-20-14-10-6-9-13(14)18-11-17-15(16(18)19)12-7-4-3-5-8-12/h3-5,7-8,13-15,17H,2,6,9-11H2,1H3. The van der Waals surface area contributed by atoms with Gasteiger partial charge in [-0.1, -0.05) is 43.7 Å². The molecule has 1 heterocycles. The Morgan fingerprint density at radius 3 is 2.85 bits per heavy atom. The van der Waals surface area contributed by atoms with Crippen LogP contribution in [0.3, 0.4) is 0 Å². The number of rotatable bonds is 4. The van der Waals surface area contributed by atoms with E-state index < -0.39 is 0 Å². The van der Waals surface area contributed by atoms with Gasteiger partial charge in [0.1, 0.15) is 6.04 Å². The molecule has 1 aromatic rings. The molecule has 1 aromatic carbocycles. The van der Waals surface area contributed by atoms with Crippen LogP contribution in [0.2, 0.25) is 0 Å². The van der Waals surface area contributed by atoms with Crippen LogP contribution in [0.15, 0.2) is 30.3 Å². The van der Waals surface area contributed by atoms with Gasteiger partial charge in [0.05, 0.1) is 6.67 Å². The lowest BCUT2D eigenvalue weighted by molar-refractivity contribution is -0.130. The Hall–Kier alpha value is -1.00. The second-order valence-corrected chi connectivity index (χ2v) is 7.02. The summed E-state index contributed by atoms with van der Waals surface area (Å²) in [5.74, 6) is 1.39. The SMILES string of the molecule is CCSC1CCCC1N1CNC(c2ccccc2)C1=O. The van der Waals surface area contributed by atoms with Crippen molar-refractivity contribution < 1.29 is 4.79 Å². The number of thioether (sulfide) groups is 1. The molecular formula is C16H22N2OS. The minimum Gasteiger partial charge on any atom is -0.324 e. The highest BCUT2D eigenvalue weighted by molar-refractivity contribution is 7.99. The van der Waals surface area contributed by atoms with E-state index in [-0.39, 0.29) is 11.9 Å². The number of carbonyl (C=O) groups is 1. The second-order valence-electron chi connectivity index (χ2n) is 5.51. The normalized spacial score (nSPS) is 30.1. The fraction of sp³-hybridized carbons (Fsp3) is 0.562. The van der Waals surface area contributed by atoms with Crippen LogP contribution < -0.4 is 5.32 Å². The van der Waals surface area contributed by atoms with Gasteiger partial charge in [0, 0.05) is 11.3 Å². The Balaban J connectivity index is 1.72. The van der Waals surface area contributed by atoms with Gasteiger partial charge in [-0.15, -0.1) is 0 Å². The molecule has 1 aliphatic carbocycles. The number of hydrogen-bond donors (Lipinski definition) is 1. The van der Waals surface area contributed by atoms with Gasteiger partial charge in [-0.05, 0) is 24.2 Å². The number of carbonyl (C=O) groups excluding carboxylic acids is 1. The fourth-order valence-corrected chi connectivity index (χ4v) is 4.65. The predicted molar refractivity (Wildman–Crippen MR) is 83.6 cm³/mol. The van der Waals surface area contributed by atoms with Crippen molar-refractivity contribution in [1.29, 1.82) is 0 Å². The van der Waals surface area contributed by atoms with Crippen LogP contribution in [0.4, 0.5) is 0 Å². The molecule has 1 aliphatic heterocycles. The topological polar surface area (TPSA) is 32.3 Å². The first kappa shape index (κ1) is 14.0. The third kappa shape index (κ3) is 2.59. The Bertz CT molecular complexity index is 465. The van der Waals surface area contributed by atoms with E-state index in [1.807, 2.05) is 42.1 Å². The molecule has 3 rings (SSSR count). The summed E-state index contributed by atoms with van der Waals surface area (Å²) < 4.78 is 0. The summed E-state index contributed by atoms with van der Waals surface area (Å²) in [6.07, 6.45) is 3.66. The van der Waals surface area contributed by atoms with Gasteiger partial charge >= 0.3 is 0 Å². The Labute approximate surface area is 125 Å². The molecular weight excluding hydrogens is 268 g/mol. The quantitative estimate of drug-likeness (QED) is 0.925. The molecule has 1 N–H and O–H groups in total. The fourth-order valence-electron chi connectivity index (χ4n) is 3.38. The van der Waals surface area contributed by atoms with Crippen molar-refractivity contribution in [2.24, 2.45) is 0 Å². The van der Waals surface area contributed by atoms with E-state index in [9.17, 15) is 4.79 Å². The maximum Gasteiger partial charge on any atom is 0.245 e. The highest BCUT2D eigenvalue weighted by Gasteiger charge is 2.41. The van der Waals surface area contributed by atoms with Gasteiger partial charge in [-0.2, -0.15) is 11.8 Å². The monoisotopic (exact) mass is 290 g/mol. The van der Waals surface area contributed by atoms with Crippen LogP contribution in [-0.2, 0) is 4.79 Å². The van der Waals surface area contributed by atoms with E-state index in [0.717, 1.165) is 17.7 Å². The number of hydrogen-bond acceptors (Lipinski definition) is 3. The Morgan fingerprint density at radius 1 is 1.30 bits per heavy atom. The van der Waals surface area contributed by atoms with Crippen LogP contribution in [0, 0.1) is 0 Å². The lowest BCUT2D eigenvalue weighted by atomic mass is 10.1. The van der Waals surface area contributed by atoms with Crippen molar-refractivity contribution in [3.63, 3.8) is 0 Å². The number of nitrogens with zero attached hydrogens (tertiary/aromatic N) is 1. The van der Waals surface area contributed by atoms with Crippen LogP contribution in [0.5, 0.6) is 0 Å². The van der Waals surface area contributed by atoms with Gasteiger partial charge in [0.2, 0.25) is 5.91 Å². The van der Waals surface area contributed by atoms with E-state index in [1.54, 1.807) is 0 Å². The second kappa shape index (κ2) is 6.19. The van der Waals surface area contributed by atoms with Crippen molar-refractivity contribution in [3.8, 4) is 0 Å². The van der Waals surface area contributed by atoms with Crippen LogP contribution in [0.25, 0.3) is 0 Å². The molecule has 1 saturated carbocycles. The van der Waals surface area contributed by atoms with Gasteiger partial charge in [0.15, 0.2) is 0 Å². The molecule has 3 unspecified atom stereocenters. The average molecular weight is 290 g/mol. The third-order valence-corrected chi connectivity index (χ3v) is 5.64. The van der Waals surface area contributed by atoms with Gasteiger partial charge < -0.3 is 4.90 Å². The van der Waals surface area contributed by atoms with E-state index in [0.29, 0.717) is 18.0 Å². The van der Waals surface area contributed by atoms with Crippen molar-refractivity contribution in [1.82, 2.24) is 10.2 Å². The summed E-state index contributed by atoms with van der Waals surface area (Å²) in [7, 11) is 0. The molecule has 0 bridgehead atoms. The zero-order valence-electron chi connectivity index (χ0n) is 11.9. The lowest BCUT2D eigenvalue weighted by Gasteiger charge is -2.28. The molecule has 3 atom stereocenters. The summed E-state index contributed by atoms with van der Waals surface area (Å²) >= 11 is 2.01. The first-order valence-corrected chi connectivity index (χ1v) is 8.56. The van der Waals surface area contributed by atoms with Crippen molar-refractivity contribution in [2.45, 2.75) is 43.5 Å². The summed E-state index contributed by atoms with van der Waals surface area (Å²) in [4.78, 5) is 14.8. The molecule has 0 aromatic heterocycles. The molecule has 1 saturated heterocycles. The van der Waals surface area contributed by atoms with Crippen molar-refractivity contribution in [3.05, 3.63) is 35.9 Å². The Kier molecular flexibility index (Phi) is 4.32. The molecule has 108 valence electrons. The van der Waals surface area contributed by atoms with Gasteiger partial charge in [0.25, 0.3) is 0 Å². The van der Waals surface area contributed by atoms with E-state index in [4.69, 9.17) is 0 Å². The molecule has 0 spiro atoms. The minimum atomic E-state index is -0.149. The van der Waals surface area contributed by atoms with E-state index >= 15 is 0 Å². The number of amides is 1. The largest absolute Gasteiger partial charge is 0.324 e. The maximum absolute atomic E-state index is 12.7. The molecule has 3 nitrogen and oxygen atoms in total. The van der Waals surface area contributed by atoms with Crippen LogP contribution in [-0.4, -0.2) is 34.5 Å². The summed E-state index contributed by atoms with van der Waals surface area (Å²) in [6, 6.07) is 10.3. The number of benzene rings is 1. The maximum atomic E-state index is 12.7. The van der Waals surface area contributed by atoms with Gasteiger partial charge in [-0.3, -0.25) is 10.1 Å². The van der Waals surface area contributed by atoms with Crippen molar-refractivity contribution >= 4 is 17.7 Å². The van der Waals surface area contributed by atoms with Gasteiger partial charge in [-0.25, -0.2) is 0 Å². The first-order chi connectivity index (χ1) is 9.81. The van der Waals surface area contributed by atoms with Crippen LogP contribution >= 0.6 is 11.8 Å². The first-order valence-electron chi connectivity index (χ1n) is 7.51. The third-order valence-electron chi connectivity index (χ3n) is 4.33. The average Bonchev–Trinajstić information content (AvgIpc) is 3.07. The molecule has 2 aliphatic rings. The molecule has 20 heavy (non-hydrogen) atoms. The molecule has 4 heteroatoms. The van der Waals surface area contributed by atoms with E-state index in [2.05, 4.69) is 17.1 Å². The highest BCUT2D eigenvalue weighted by atomic mass is 32.2. The Morgan fingerprint density at radius 2 is 2.10 bits per heavy atom. The molecule has 2 fully saturated rings. The zero-order valence-corrected chi connectivity index (χ0v) is 12.7. The smallest absolute Gasteiger partial charge is 0.245 e. The molecule has 0 radical (unpaired) electrons. The number of nitrogens with one attached hydrogen (secondary N) is 1. The lowest BCUT2D eigenvalue weighted by Crippen LogP contribution is -2.41. The minimum absolute atomic E-state index is 0.149. The predicted octanol–water partition coefficient (Wildman–Crippen LogP) is 2.79. The highest BCUT2D eigenvalue weighted by Crippen LogP contribution is 2.35. The zero-order chi connectivity index (χ0) is 13.9. The summed E-state index contributed by atoms with van der Waals surface area (Å²) in [5, 5.41) is 4.00. The van der Waals surface area contributed by atoms with E-state index in [1.165, 1.54) is 12.8 Å².